The molecule has 114 valence electrons. The Bertz CT molecular complexity index is 544. The van der Waals surface area contributed by atoms with E-state index in [1.54, 1.807) is 0 Å². The lowest BCUT2D eigenvalue weighted by atomic mass is 10.2. The van der Waals surface area contributed by atoms with E-state index in [2.05, 4.69) is 26.5 Å². The summed E-state index contributed by atoms with van der Waals surface area (Å²) in [6.07, 6.45) is 1.32. The van der Waals surface area contributed by atoms with Gasteiger partial charge >= 0.3 is 0 Å². The molecule has 1 aromatic rings. The van der Waals surface area contributed by atoms with E-state index < -0.39 is 0 Å². The van der Waals surface area contributed by atoms with Crippen LogP contribution >= 0.6 is 15.9 Å². The number of aromatic hydroxyl groups is 2. The highest BCUT2D eigenvalue weighted by Gasteiger charge is 2.13. The highest BCUT2D eigenvalue weighted by molar-refractivity contribution is 9.10. The molecular formula is C13H16BrN3O4. The maximum Gasteiger partial charge on any atom is 0.254 e. The average molecular weight is 358 g/mol. The second-order valence-corrected chi connectivity index (χ2v) is 5.40. The standard InChI is InChI=1S/C13H16BrN3O4/c14-10-5-9(11(18)6-12(10)19)7-15-16-13(20)8-17-1-3-21-4-2-17/h5-7,18-19H,1-4,8H2,(H,16,20). The van der Waals surface area contributed by atoms with Crippen LogP contribution in [0.2, 0.25) is 0 Å². The first-order valence-electron chi connectivity index (χ1n) is 6.40. The van der Waals surface area contributed by atoms with Gasteiger partial charge in [0.05, 0.1) is 30.4 Å². The van der Waals surface area contributed by atoms with E-state index in [0.717, 1.165) is 13.1 Å². The second-order valence-electron chi connectivity index (χ2n) is 4.54. The Kier molecular flexibility index (Phi) is 5.54. The summed E-state index contributed by atoms with van der Waals surface area (Å²) in [7, 11) is 0. The van der Waals surface area contributed by atoms with Gasteiger partial charge in [-0.15, -0.1) is 0 Å². The van der Waals surface area contributed by atoms with Gasteiger partial charge in [0.1, 0.15) is 11.5 Å². The number of hydrazone groups is 1. The Hall–Kier alpha value is -1.64. The monoisotopic (exact) mass is 357 g/mol. The van der Waals surface area contributed by atoms with Gasteiger partial charge in [-0.25, -0.2) is 5.43 Å². The van der Waals surface area contributed by atoms with Gasteiger partial charge < -0.3 is 14.9 Å². The molecule has 0 radical (unpaired) electrons. The van der Waals surface area contributed by atoms with Crippen LogP contribution < -0.4 is 5.43 Å². The van der Waals surface area contributed by atoms with E-state index >= 15 is 0 Å². The molecule has 1 aromatic carbocycles. The van der Waals surface area contributed by atoms with Crippen LogP contribution in [-0.2, 0) is 9.53 Å². The van der Waals surface area contributed by atoms with E-state index in [-0.39, 0.29) is 24.0 Å². The third kappa shape index (κ3) is 4.69. The van der Waals surface area contributed by atoms with Crippen LogP contribution in [0.4, 0.5) is 0 Å². The SMILES string of the molecule is O=C(CN1CCOCC1)NN=Cc1cc(Br)c(O)cc1O. The van der Waals surface area contributed by atoms with Gasteiger partial charge in [0.15, 0.2) is 0 Å². The first-order chi connectivity index (χ1) is 10.1. The first kappa shape index (κ1) is 15.7. The summed E-state index contributed by atoms with van der Waals surface area (Å²) in [4.78, 5) is 13.7. The van der Waals surface area contributed by atoms with Crippen molar-refractivity contribution in [3.05, 3.63) is 22.2 Å². The van der Waals surface area contributed by atoms with Crippen molar-refractivity contribution in [2.75, 3.05) is 32.8 Å². The maximum atomic E-state index is 11.7. The topological polar surface area (TPSA) is 94.4 Å². The Morgan fingerprint density at radius 3 is 2.81 bits per heavy atom. The smallest absolute Gasteiger partial charge is 0.254 e. The van der Waals surface area contributed by atoms with Crippen LogP contribution in [0, 0.1) is 0 Å². The molecule has 7 nitrogen and oxygen atoms in total. The lowest BCUT2D eigenvalue weighted by Crippen LogP contribution is -2.42. The number of halogens is 1. The first-order valence-corrected chi connectivity index (χ1v) is 7.19. The number of phenols is 2. The number of amides is 1. The molecule has 0 unspecified atom stereocenters. The highest BCUT2D eigenvalue weighted by Crippen LogP contribution is 2.30. The van der Waals surface area contributed by atoms with Gasteiger partial charge in [0.25, 0.3) is 5.91 Å². The fourth-order valence-corrected chi connectivity index (χ4v) is 2.20. The van der Waals surface area contributed by atoms with Crippen LogP contribution in [0.5, 0.6) is 11.5 Å². The minimum atomic E-state index is -0.231. The number of rotatable bonds is 4. The summed E-state index contributed by atoms with van der Waals surface area (Å²) in [6.45, 7) is 2.97. The lowest BCUT2D eigenvalue weighted by molar-refractivity contribution is -0.123. The second kappa shape index (κ2) is 7.39. The zero-order valence-electron chi connectivity index (χ0n) is 11.3. The summed E-state index contributed by atoms with van der Waals surface area (Å²) >= 11 is 3.14. The van der Waals surface area contributed by atoms with E-state index in [1.807, 2.05) is 4.90 Å². The summed E-state index contributed by atoms with van der Waals surface area (Å²) in [5.74, 6) is -0.423. The van der Waals surface area contributed by atoms with Crippen molar-refractivity contribution in [2.24, 2.45) is 5.10 Å². The van der Waals surface area contributed by atoms with Crippen molar-refractivity contribution in [1.29, 1.82) is 0 Å². The minimum absolute atomic E-state index is 0.0685. The van der Waals surface area contributed by atoms with Crippen LogP contribution in [0.3, 0.4) is 0 Å². The van der Waals surface area contributed by atoms with E-state index in [1.165, 1.54) is 18.3 Å². The van der Waals surface area contributed by atoms with E-state index in [9.17, 15) is 15.0 Å². The summed E-state index contributed by atoms with van der Waals surface area (Å²) in [5, 5.41) is 22.8. The minimum Gasteiger partial charge on any atom is -0.507 e. The number of nitrogens with one attached hydrogen (secondary N) is 1. The van der Waals surface area contributed by atoms with Crippen LogP contribution in [0.25, 0.3) is 0 Å². The fourth-order valence-electron chi connectivity index (χ4n) is 1.84. The molecule has 3 N–H and O–H groups in total. The molecule has 0 aromatic heterocycles. The van der Waals surface area contributed by atoms with Crippen molar-refractivity contribution < 1.29 is 19.7 Å². The summed E-state index contributed by atoms with van der Waals surface area (Å²) in [5.41, 5.74) is 2.78. The van der Waals surface area contributed by atoms with Gasteiger partial charge in [-0.2, -0.15) is 5.10 Å². The molecule has 0 bridgehead atoms. The predicted molar refractivity (Wildman–Crippen MR) is 80.5 cm³/mol. The number of hydrogen-bond donors (Lipinski definition) is 3. The number of benzene rings is 1. The molecule has 1 aliphatic heterocycles. The normalized spacial score (nSPS) is 16.2. The lowest BCUT2D eigenvalue weighted by Gasteiger charge is -2.25. The zero-order chi connectivity index (χ0) is 15.2. The van der Waals surface area contributed by atoms with Gasteiger partial charge in [0, 0.05) is 24.7 Å². The molecule has 1 fully saturated rings. The van der Waals surface area contributed by atoms with E-state index in [0.29, 0.717) is 23.2 Å². The van der Waals surface area contributed by atoms with Crippen LogP contribution in [0.1, 0.15) is 5.56 Å². The Labute approximate surface area is 130 Å². The van der Waals surface area contributed by atoms with Gasteiger partial charge in [0.2, 0.25) is 0 Å². The Balaban J connectivity index is 1.87. The third-order valence-electron chi connectivity index (χ3n) is 2.96. The molecule has 1 heterocycles. The summed E-state index contributed by atoms with van der Waals surface area (Å²) < 4.78 is 5.63. The van der Waals surface area contributed by atoms with Crippen molar-refractivity contribution >= 4 is 28.1 Å². The number of carbonyl (C=O) groups is 1. The quantitative estimate of drug-likeness (QED) is 0.543. The number of ether oxygens (including phenoxy) is 1. The van der Waals surface area contributed by atoms with Crippen LogP contribution in [-0.4, -0.2) is 60.1 Å². The molecule has 0 atom stereocenters. The number of hydrogen-bond acceptors (Lipinski definition) is 6. The van der Waals surface area contributed by atoms with Crippen molar-refractivity contribution in [2.45, 2.75) is 0 Å². The summed E-state index contributed by atoms with van der Waals surface area (Å²) in [6, 6.07) is 2.70. The molecule has 0 aliphatic carbocycles. The number of morpholine rings is 1. The number of carbonyl (C=O) groups excluding carboxylic acids is 1. The maximum absolute atomic E-state index is 11.7. The molecule has 21 heavy (non-hydrogen) atoms. The highest BCUT2D eigenvalue weighted by atomic mass is 79.9. The van der Waals surface area contributed by atoms with Gasteiger partial charge in [-0.1, -0.05) is 0 Å². The molecular weight excluding hydrogens is 342 g/mol. The van der Waals surface area contributed by atoms with Gasteiger partial charge in [-0.3, -0.25) is 9.69 Å². The molecule has 1 aliphatic rings. The predicted octanol–water partition coefficient (Wildman–Crippen LogP) is 0.643. The average Bonchev–Trinajstić information content (AvgIpc) is 2.45. The molecule has 0 spiro atoms. The Morgan fingerprint density at radius 2 is 2.10 bits per heavy atom. The molecule has 1 saturated heterocycles. The van der Waals surface area contributed by atoms with Crippen molar-refractivity contribution in [3.8, 4) is 11.5 Å². The van der Waals surface area contributed by atoms with Crippen molar-refractivity contribution in [1.82, 2.24) is 10.3 Å². The van der Waals surface area contributed by atoms with Gasteiger partial charge in [-0.05, 0) is 22.0 Å². The number of nitrogens with zero attached hydrogens (tertiary/aromatic N) is 2. The Morgan fingerprint density at radius 1 is 1.38 bits per heavy atom. The van der Waals surface area contributed by atoms with E-state index in [4.69, 9.17) is 4.74 Å². The van der Waals surface area contributed by atoms with Crippen molar-refractivity contribution in [3.63, 3.8) is 0 Å². The van der Waals surface area contributed by atoms with Crippen LogP contribution in [0.15, 0.2) is 21.7 Å². The zero-order valence-corrected chi connectivity index (χ0v) is 12.8. The number of phenolic OH excluding ortho intramolecular Hbond substituents is 2. The fraction of sp³-hybridized carbons (Fsp3) is 0.385. The molecule has 8 heteroatoms. The molecule has 0 saturated carbocycles. The molecule has 1 amide bonds. The largest absolute Gasteiger partial charge is 0.507 e. The third-order valence-corrected chi connectivity index (χ3v) is 3.60. The molecule has 2 rings (SSSR count).